The zero-order valence-electron chi connectivity index (χ0n) is 11.7. The Morgan fingerprint density at radius 3 is 2.10 bits per heavy atom. The van der Waals surface area contributed by atoms with Crippen LogP contribution in [0.15, 0.2) is 42.0 Å². The highest BCUT2D eigenvalue weighted by Gasteiger charge is 2.38. The summed E-state index contributed by atoms with van der Waals surface area (Å²) in [6.07, 6.45) is 4.83. The molecule has 4 nitrogen and oxygen atoms in total. The zero-order chi connectivity index (χ0) is 14.8. The molecular formula is C16H16O4. The van der Waals surface area contributed by atoms with E-state index in [2.05, 4.69) is 0 Å². The molecule has 0 radical (unpaired) electrons. The van der Waals surface area contributed by atoms with Gasteiger partial charge in [0.05, 0.1) is 0 Å². The third kappa shape index (κ3) is 3.35. The average Bonchev–Trinajstić information content (AvgIpc) is 2.33. The molecule has 1 aromatic rings. The Labute approximate surface area is 117 Å². The molecule has 104 valence electrons. The molecular weight excluding hydrogens is 256 g/mol. The molecule has 0 bridgehead atoms. The van der Waals surface area contributed by atoms with Crippen molar-refractivity contribution in [2.24, 2.45) is 0 Å². The van der Waals surface area contributed by atoms with Gasteiger partial charge in [-0.05, 0) is 18.6 Å². The SMILES string of the molecule is Cc1ccc(/C=C/C=C2C(=O)OC(C)(C)OC2=O)cc1. The summed E-state index contributed by atoms with van der Waals surface area (Å²) < 4.78 is 9.98. The highest BCUT2D eigenvalue weighted by atomic mass is 16.7. The van der Waals surface area contributed by atoms with Gasteiger partial charge in [0.2, 0.25) is 0 Å². The van der Waals surface area contributed by atoms with Gasteiger partial charge in [-0.25, -0.2) is 9.59 Å². The van der Waals surface area contributed by atoms with Crippen LogP contribution in [0.25, 0.3) is 6.08 Å². The first-order valence-corrected chi connectivity index (χ1v) is 6.29. The molecule has 4 heteroatoms. The Kier molecular flexibility index (Phi) is 3.74. The number of ether oxygens (including phenoxy) is 2. The second kappa shape index (κ2) is 5.33. The molecule has 1 saturated heterocycles. The normalized spacial score (nSPS) is 17.9. The van der Waals surface area contributed by atoms with Gasteiger partial charge in [0, 0.05) is 13.8 Å². The van der Waals surface area contributed by atoms with Gasteiger partial charge >= 0.3 is 11.9 Å². The summed E-state index contributed by atoms with van der Waals surface area (Å²) in [7, 11) is 0. The Bertz CT molecular complexity index is 569. The predicted octanol–water partition coefficient (Wildman–Crippen LogP) is 2.77. The van der Waals surface area contributed by atoms with E-state index in [4.69, 9.17) is 9.47 Å². The lowest BCUT2D eigenvalue weighted by Crippen LogP contribution is -2.41. The number of benzene rings is 1. The van der Waals surface area contributed by atoms with Gasteiger partial charge in [0.25, 0.3) is 5.79 Å². The van der Waals surface area contributed by atoms with Crippen LogP contribution in [0.1, 0.15) is 25.0 Å². The van der Waals surface area contributed by atoms with E-state index in [1.165, 1.54) is 25.5 Å². The number of esters is 2. The maximum Gasteiger partial charge on any atom is 0.348 e. The molecule has 0 saturated carbocycles. The maximum atomic E-state index is 11.7. The van der Waals surface area contributed by atoms with Gasteiger partial charge < -0.3 is 9.47 Å². The third-order valence-corrected chi connectivity index (χ3v) is 2.75. The Balaban J connectivity index is 2.13. The fourth-order valence-corrected chi connectivity index (χ4v) is 1.73. The number of carbonyl (C=O) groups excluding carboxylic acids is 2. The van der Waals surface area contributed by atoms with Gasteiger partial charge in [0.15, 0.2) is 0 Å². The molecule has 0 spiro atoms. The minimum absolute atomic E-state index is 0.104. The molecule has 1 aromatic carbocycles. The van der Waals surface area contributed by atoms with E-state index < -0.39 is 17.7 Å². The summed E-state index contributed by atoms with van der Waals surface area (Å²) in [5, 5.41) is 0. The lowest BCUT2D eigenvalue weighted by Gasteiger charge is -2.29. The summed E-state index contributed by atoms with van der Waals surface area (Å²) in [6.45, 7) is 5.04. The van der Waals surface area contributed by atoms with E-state index in [1.807, 2.05) is 31.2 Å². The molecule has 1 heterocycles. The van der Waals surface area contributed by atoms with Gasteiger partial charge in [-0.15, -0.1) is 0 Å². The van der Waals surface area contributed by atoms with E-state index in [0.717, 1.165) is 5.56 Å². The second-order valence-corrected chi connectivity index (χ2v) is 5.03. The zero-order valence-corrected chi connectivity index (χ0v) is 11.7. The van der Waals surface area contributed by atoms with Crippen molar-refractivity contribution in [1.29, 1.82) is 0 Å². The minimum atomic E-state index is -1.20. The second-order valence-electron chi connectivity index (χ2n) is 5.03. The Morgan fingerprint density at radius 2 is 1.55 bits per heavy atom. The fraction of sp³-hybridized carbons (Fsp3) is 0.250. The van der Waals surface area contributed by atoms with Crippen LogP contribution in [-0.2, 0) is 19.1 Å². The predicted molar refractivity (Wildman–Crippen MR) is 74.6 cm³/mol. The van der Waals surface area contributed by atoms with Crippen LogP contribution in [0, 0.1) is 6.92 Å². The van der Waals surface area contributed by atoms with Crippen molar-refractivity contribution < 1.29 is 19.1 Å². The smallest absolute Gasteiger partial charge is 0.348 e. The molecule has 0 aromatic heterocycles. The standard InChI is InChI=1S/C16H16O4/c1-11-7-9-12(10-8-11)5-4-6-13-14(17)19-16(2,3)20-15(13)18/h4-10H,1-3H3/b5-4+. The molecule has 1 fully saturated rings. The van der Waals surface area contributed by atoms with Crippen molar-refractivity contribution in [3.05, 3.63) is 53.1 Å². The largest absolute Gasteiger partial charge is 0.419 e. The number of allylic oxidation sites excluding steroid dienone is 2. The first-order valence-electron chi connectivity index (χ1n) is 6.29. The van der Waals surface area contributed by atoms with Crippen molar-refractivity contribution in [2.75, 3.05) is 0 Å². The lowest BCUT2D eigenvalue weighted by atomic mass is 10.1. The molecule has 1 aliphatic heterocycles. The van der Waals surface area contributed by atoms with Gasteiger partial charge in [0.1, 0.15) is 5.57 Å². The van der Waals surface area contributed by atoms with Gasteiger partial charge in [-0.3, -0.25) is 0 Å². The molecule has 0 amide bonds. The van der Waals surface area contributed by atoms with E-state index in [1.54, 1.807) is 12.2 Å². The topological polar surface area (TPSA) is 52.6 Å². The van der Waals surface area contributed by atoms with E-state index >= 15 is 0 Å². The summed E-state index contributed by atoms with van der Waals surface area (Å²) >= 11 is 0. The maximum absolute atomic E-state index is 11.7. The molecule has 20 heavy (non-hydrogen) atoms. The number of cyclic esters (lactones) is 2. The number of hydrogen-bond acceptors (Lipinski definition) is 4. The highest BCUT2D eigenvalue weighted by Crippen LogP contribution is 2.22. The van der Waals surface area contributed by atoms with Gasteiger partial charge in [-0.2, -0.15) is 0 Å². The summed E-state index contributed by atoms with van der Waals surface area (Å²) in [5.74, 6) is -2.54. The first kappa shape index (κ1) is 14.1. The van der Waals surface area contributed by atoms with Crippen LogP contribution in [0.2, 0.25) is 0 Å². The Morgan fingerprint density at radius 1 is 1.00 bits per heavy atom. The quantitative estimate of drug-likeness (QED) is 0.472. The third-order valence-electron chi connectivity index (χ3n) is 2.75. The van der Waals surface area contributed by atoms with Crippen molar-refractivity contribution in [3.8, 4) is 0 Å². The van der Waals surface area contributed by atoms with Crippen molar-refractivity contribution in [3.63, 3.8) is 0 Å². The summed E-state index contributed by atoms with van der Waals surface area (Å²) in [5.41, 5.74) is 2.04. The van der Waals surface area contributed by atoms with Crippen LogP contribution in [-0.4, -0.2) is 17.7 Å². The fourth-order valence-electron chi connectivity index (χ4n) is 1.73. The Hall–Kier alpha value is -2.36. The van der Waals surface area contributed by atoms with Crippen LogP contribution >= 0.6 is 0 Å². The number of carbonyl (C=O) groups is 2. The molecule has 2 rings (SSSR count). The van der Waals surface area contributed by atoms with E-state index in [9.17, 15) is 9.59 Å². The molecule has 0 atom stereocenters. The lowest BCUT2D eigenvalue weighted by molar-refractivity contribution is -0.222. The monoisotopic (exact) mass is 272 g/mol. The van der Waals surface area contributed by atoms with Crippen molar-refractivity contribution >= 4 is 18.0 Å². The van der Waals surface area contributed by atoms with Crippen LogP contribution in [0.5, 0.6) is 0 Å². The summed E-state index contributed by atoms with van der Waals surface area (Å²) in [4.78, 5) is 23.4. The van der Waals surface area contributed by atoms with Crippen LogP contribution in [0.4, 0.5) is 0 Å². The molecule has 1 aliphatic rings. The highest BCUT2D eigenvalue weighted by molar-refractivity contribution is 6.15. The molecule has 0 N–H and O–H groups in total. The van der Waals surface area contributed by atoms with Gasteiger partial charge in [-0.1, -0.05) is 42.0 Å². The van der Waals surface area contributed by atoms with Crippen LogP contribution < -0.4 is 0 Å². The number of rotatable bonds is 2. The molecule has 0 aliphatic carbocycles. The first-order chi connectivity index (χ1) is 9.37. The minimum Gasteiger partial charge on any atom is -0.419 e. The number of hydrogen-bond donors (Lipinski definition) is 0. The van der Waals surface area contributed by atoms with E-state index in [0.29, 0.717) is 0 Å². The average molecular weight is 272 g/mol. The van der Waals surface area contributed by atoms with Crippen molar-refractivity contribution in [2.45, 2.75) is 26.6 Å². The molecule has 0 unspecified atom stereocenters. The summed E-state index contributed by atoms with van der Waals surface area (Å²) in [6, 6.07) is 7.87. The number of aryl methyl sites for hydroxylation is 1. The van der Waals surface area contributed by atoms with Crippen LogP contribution in [0.3, 0.4) is 0 Å². The van der Waals surface area contributed by atoms with E-state index in [-0.39, 0.29) is 5.57 Å². The van der Waals surface area contributed by atoms with Crippen molar-refractivity contribution in [1.82, 2.24) is 0 Å².